The number of fused-ring (bicyclic) bond motifs is 2. The molecule has 6 heterocycles. The van der Waals surface area contributed by atoms with Gasteiger partial charge in [-0.15, -0.1) is 22.7 Å². The van der Waals surface area contributed by atoms with Gasteiger partial charge < -0.3 is 41.0 Å². The Morgan fingerprint density at radius 2 is 1.49 bits per heavy atom. The highest BCUT2D eigenvalue weighted by atomic mass is 32.2. The van der Waals surface area contributed by atoms with Crippen molar-refractivity contribution in [3.8, 4) is 0 Å². The molecule has 0 unspecified atom stereocenters. The van der Waals surface area contributed by atoms with Crippen molar-refractivity contribution in [1.82, 2.24) is 29.1 Å². The van der Waals surface area contributed by atoms with Gasteiger partial charge in [-0.05, 0) is 30.9 Å². The van der Waals surface area contributed by atoms with E-state index in [2.05, 4.69) is 19.9 Å². The van der Waals surface area contributed by atoms with Crippen LogP contribution < -0.4 is 11.5 Å². The summed E-state index contributed by atoms with van der Waals surface area (Å²) in [7, 11) is 0. The van der Waals surface area contributed by atoms with E-state index in [1.165, 1.54) is 40.4 Å². The van der Waals surface area contributed by atoms with Crippen molar-refractivity contribution in [2.24, 2.45) is 5.92 Å². The third-order valence-corrected chi connectivity index (χ3v) is 9.84. The van der Waals surface area contributed by atoms with Crippen LogP contribution in [0.2, 0.25) is 0 Å². The van der Waals surface area contributed by atoms with Gasteiger partial charge in [0.2, 0.25) is 11.9 Å². The van der Waals surface area contributed by atoms with Gasteiger partial charge in [-0.3, -0.25) is 13.9 Å². The Balaban J connectivity index is 0.000000173. The maximum Gasteiger partial charge on any atom is 0.303 e. The van der Waals surface area contributed by atoms with Gasteiger partial charge in [0.1, 0.15) is 18.3 Å². The van der Waals surface area contributed by atoms with E-state index in [1.807, 2.05) is 13.8 Å². The highest BCUT2D eigenvalue weighted by Crippen LogP contribution is 2.40. The van der Waals surface area contributed by atoms with E-state index in [1.54, 1.807) is 10.8 Å². The fourth-order valence-electron chi connectivity index (χ4n) is 5.13. The summed E-state index contributed by atoms with van der Waals surface area (Å²) in [4.78, 5) is 27.7. The lowest BCUT2D eigenvalue weighted by atomic mass is 9.98. The standard InChI is InChI=1S/C14H18N4O3S2.C10H12N4O4S2/c1-4-8-6(2)10(20-7(3)19)12(21-8)18-11-9(23-14(18)22)5-16-13(15)17-11;11-9-12-1-4-7(13-9)14(10(19)20-4)8-6(17)5(16)3(2-15)18-8/h5-6,8,10,12H,4H2,1-3H3,(H2,15,16,17);1,3,5-6,8,15-17H,2H2,(H2,11,12,13)/t6-,8-,10-,12-;3-,5-,6-,8-/m11/s1. The zero-order valence-corrected chi connectivity index (χ0v) is 26.4. The number of rotatable bonds is 5. The highest BCUT2D eigenvalue weighted by molar-refractivity contribution is 7.74. The molecule has 0 amide bonds. The van der Waals surface area contributed by atoms with E-state index >= 15 is 0 Å². The molecule has 7 N–H and O–H groups in total. The minimum atomic E-state index is -1.21. The second kappa shape index (κ2) is 12.7. The van der Waals surface area contributed by atoms with Gasteiger partial charge in [0, 0.05) is 12.8 Å². The number of esters is 1. The van der Waals surface area contributed by atoms with Crippen molar-refractivity contribution in [2.45, 2.75) is 70.2 Å². The Morgan fingerprint density at radius 1 is 0.977 bits per heavy atom. The topological polar surface area (TPSA) is 219 Å². The number of hydrogen-bond donors (Lipinski definition) is 5. The van der Waals surface area contributed by atoms with Crippen molar-refractivity contribution in [3.63, 3.8) is 0 Å². The monoisotopic (exact) mass is 670 g/mol. The predicted molar refractivity (Wildman–Crippen MR) is 163 cm³/mol. The molecule has 0 radical (unpaired) electrons. The number of hydrogen-bond acceptors (Lipinski definition) is 17. The van der Waals surface area contributed by atoms with Gasteiger partial charge in [-0.2, -0.15) is 9.97 Å². The van der Waals surface area contributed by atoms with Crippen molar-refractivity contribution >= 4 is 85.7 Å². The number of aromatic nitrogens is 6. The SMILES string of the molecule is CC[C@H]1O[C@@H](n2c(=S)sc3cnc(N)nc32)[C@H](OC(C)=O)[C@@H]1C.Nc1ncc2sc(=S)n([C@@H]3O[C@H](CO)[C@@H](O)[C@H]3O)c2n1. The lowest BCUT2D eigenvalue weighted by molar-refractivity contribution is -0.153. The molecule has 4 aromatic rings. The van der Waals surface area contributed by atoms with Crippen LogP contribution in [-0.2, 0) is 19.0 Å². The van der Waals surface area contributed by atoms with Gasteiger partial charge in [-0.25, -0.2) is 9.97 Å². The molecule has 2 aliphatic heterocycles. The fraction of sp³-hybridized carbons (Fsp3) is 0.542. The van der Waals surface area contributed by atoms with Crippen LogP contribution in [0.1, 0.15) is 39.6 Å². The second-order valence-corrected chi connectivity index (χ2v) is 13.3. The average molecular weight is 671 g/mol. The number of carbonyl (C=O) groups is 1. The number of carbonyl (C=O) groups excluding carboxylic acids is 1. The normalized spacial score (nSPS) is 28.7. The Kier molecular flexibility index (Phi) is 9.35. The number of nitrogen functional groups attached to an aromatic ring is 2. The van der Waals surface area contributed by atoms with E-state index in [9.17, 15) is 15.0 Å². The first-order valence-corrected chi connectivity index (χ1v) is 15.6. The first kappa shape index (κ1) is 31.7. The largest absolute Gasteiger partial charge is 0.457 e. The number of nitrogens with two attached hydrogens (primary N) is 2. The molecule has 43 heavy (non-hydrogen) atoms. The maximum absolute atomic E-state index is 11.5. The molecule has 2 aliphatic rings. The molecule has 232 valence electrons. The molecule has 0 aliphatic carbocycles. The molecule has 2 fully saturated rings. The van der Waals surface area contributed by atoms with Gasteiger partial charge in [0.25, 0.3) is 0 Å². The summed E-state index contributed by atoms with van der Waals surface area (Å²) >= 11 is 13.3. The van der Waals surface area contributed by atoms with Crippen LogP contribution in [0.5, 0.6) is 0 Å². The molecule has 2 saturated heterocycles. The first-order chi connectivity index (χ1) is 20.4. The van der Waals surface area contributed by atoms with Crippen molar-refractivity contribution < 1.29 is 34.3 Å². The van der Waals surface area contributed by atoms with Gasteiger partial charge in [0.05, 0.1) is 34.5 Å². The molecule has 0 saturated carbocycles. The zero-order valence-electron chi connectivity index (χ0n) is 23.1. The Labute approximate surface area is 262 Å². The van der Waals surface area contributed by atoms with Crippen molar-refractivity contribution in [2.75, 3.05) is 18.1 Å². The van der Waals surface area contributed by atoms with Crippen LogP contribution in [0.25, 0.3) is 20.7 Å². The Bertz CT molecular complexity index is 1760. The van der Waals surface area contributed by atoms with Crippen molar-refractivity contribution in [1.29, 1.82) is 0 Å². The quantitative estimate of drug-likeness (QED) is 0.152. The van der Waals surface area contributed by atoms with Crippen molar-refractivity contribution in [3.05, 3.63) is 20.3 Å². The number of aliphatic hydroxyl groups excluding tert-OH is 3. The second-order valence-electron chi connectivity index (χ2n) is 9.94. The molecule has 4 aromatic heterocycles. The highest BCUT2D eigenvalue weighted by Gasteiger charge is 2.46. The lowest BCUT2D eigenvalue weighted by Crippen LogP contribution is -2.33. The lowest BCUT2D eigenvalue weighted by Gasteiger charge is -2.22. The summed E-state index contributed by atoms with van der Waals surface area (Å²) < 4.78 is 22.9. The van der Waals surface area contributed by atoms with Crippen LogP contribution in [0, 0.1) is 13.8 Å². The molecule has 0 bridgehead atoms. The van der Waals surface area contributed by atoms with Crippen LogP contribution in [0.15, 0.2) is 12.4 Å². The molecule has 0 spiro atoms. The summed E-state index contributed by atoms with van der Waals surface area (Å²) in [6, 6.07) is 0. The summed E-state index contributed by atoms with van der Waals surface area (Å²) in [5, 5.41) is 29.0. The van der Waals surface area contributed by atoms with Gasteiger partial charge in [-0.1, -0.05) is 13.8 Å². The first-order valence-electron chi connectivity index (χ1n) is 13.2. The maximum atomic E-state index is 11.5. The molecule has 8 atom stereocenters. The van der Waals surface area contributed by atoms with Crippen LogP contribution in [0.4, 0.5) is 11.9 Å². The minimum Gasteiger partial charge on any atom is -0.457 e. The molecule has 19 heteroatoms. The van der Waals surface area contributed by atoms with E-state index in [-0.39, 0.29) is 29.9 Å². The number of ether oxygens (including phenoxy) is 3. The van der Waals surface area contributed by atoms with E-state index in [4.69, 9.17) is 55.2 Å². The summed E-state index contributed by atoms with van der Waals surface area (Å²) in [5.41, 5.74) is 12.3. The summed E-state index contributed by atoms with van der Waals surface area (Å²) in [6.07, 6.45) is -1.13. The number of nitrogens with zero attached hydrogens (tertiary/aromatic N) is 6. The van der Waals surface area contributed by atoms with E-state index in [0.29, 0.717) is 23.9 Å². The molecule has 0 aromatic carbocycles. The number of anilines is 2. The molecule has 15 nitrogen and oxygen atoms in total. The smallest absolute Gasteiger partial charge is 0.303 e. The Morgan fingerprint density at radius 3 is 1.95 bits per heavy atom. The number of aliphatic hydroxyl groups is 3. The minimum absolute atomic E-state index is 0.0135. The Hall–Kier alpha value is -2.75. The zero-order chi connectivity index (χ0) is 31.2. The van der Waals surface area contributed by atoms with Crippen LogP contribution in [-0.4, -0.2) is 87.5 Å². The third-order valence-electron chi connectivity index (χ3n) is 7.18. The third kappa shape index (κ3) is 6.00. The van der Waals surface area contributed by atoms with Gasteiger partial charge in [0.15, 0.2) is 37.8 Å². The fourth-order valence-corrected chi connectivity index (χ4v) is 7.68. The van der Waals surface area contributed by atoms with Gasteiger partial charge >= 0.3 is 5.97 Å². The van der Waals surface area contributed by atoms with Crippen LogP contribution in [0.3, 0.4) is 0 Å². The average Bonchev–Trinajstić information content (AvgIpc) is 3.64. The van der Waals surface area contributed by atoms with Crippen LogP contribution >= 0.6 is 47.1 Å². The molecular formula is C24H30N8O7S4. The molecule has 6 rings (SSSR count). The molecular weight excluding hydrogens is 641 g/mol. The number of thiazole rings is 2. The van der Waals surface area contributed by atoms with E-state index < -0.39 is 43.5 Å². The predicted octanol–water partition coefficient (Wildman–Crippen LogP) is 2.10. The van der Waals surface area contributed by atoms with E-state index in [0.717, 1.165) is 11.1 Å². The summed E-state index contributed by atoms with van der Waals surface area (Å²) in [6.45, 7) is 5.05. The summed E-state index contributed by atoms with van der Waals surface area (Å²) in [5.74, 6) is -0.0377.